The summed E-state index contributed by atoms with van der Waals surface area (Å²) in [6.07, 6.45) is 1.24. The monoisotopic (exact) mass is 260 g/mol. The Kier molecular flexibility index (Phi) is 3.19. The average Bonchev–Trinajstić information content (AvgIpc) is 2.85. The number of amides is 1. The molecule has 1 fully saturated rings. The highest BCUT2D eigenvalue weighted by Crippen LogP contribution is 2.27. The highest BCUT2D eigenvalue weighted by atomic mass is 16.3. The molecule has 2 unspecified atom stereocenters. The van der Waals surface area contributed by atoms with Gasteiger partial charge in [0.05, 0.1) is 6.10 Å². The maximum Gasteiger partial charge on any atom is 0.245 e. The minimum Gasteiger partial charge on any atom is -0.391 e. The number of benzene rings is 1. The fourth-order valence-corrected chi connectivity index (χ4v) is 2.92. The zero-order valence-electron chi connectivity index (χ0n) is 11.2. The molecule has 4 heteroatoms. The van der Waals surface area contributed by atoms with Crippen molar-refractivity contribution in [1.29, 1.82) is 0 Å². The van der Waals surface area contributed by atoms with E-state index < -0.39 is 0 Å². The van der Waals surface area contributed by atoms with Crippen LogP contribution in [-0.4, -0.2) is 41.1 Å². The van der Waals surface area contributed by atoms with E-state index in [-0.39, 0.29) is 24.0 Å². The van der Waals surface area contributed by atoms with Gasteiger partial charge >= 0.3 is 0 Å². The van der Waals surface area contributed by atoms with Crippen LogP contribution in [0.2, 0.25) is 0 Å². The molecule has 0 spiro atoms. The standard InChI is InChI=1S/C15H20N2O2/c1-10-6-7-17(9-14(10)18)15(19)13-8-11-4-2-3-5-12(11)16-13/h2-5,10,13-14,16,18H,6-9H2,1H3/t10?,13-,14?/m0/s1. The second-order valence-electron chi connectivity index (χ2n) is 5.68. The third kappa shape index (κ3) is 2.32. The first-order valence-corrected chi connectivity index (χ1v) is 6.96. The number of aliphatic hydroxyl groups excluding tert-OH is 1. The number of hydrogen-bond acceptors (Lipinski definition) is 3. The van der Waals surface area contributed by atoms with Gasteiger partial charge in [-0.2, -0.15) is 0 Å². The lowest BCUT2D eigenvalue weighted by Gasteiger charge is -2.35. The van der Waals surface area contributed by atoms with Crippen LogP contribution in [0.3, 0.4) is 0 Å². The Morgan fingerprint density at radius 1 is 1.42 bits per heavy atom. The zero-order valence-corrected chi connectivity index (χ0v) is 11.2. The van der Waals surface area contributed by atoms with Crippen molar-refractivity contribution in [3.05, 3.63) is 29.8 Å². The minimum absolute atomic E-state index is 0.113. The molecule has 1 amide bonds. The maximum atomic E-state index is 12.5. The second kappa shape index (κ2) is 4.85. The predicted molar refractivity (Wildman–Crippen MR) is 73.9 cm³/mol. The fourth-order valence-electron chi connectivity index (χ4n) is 2.92. The smallest absolute Gasteiger partial charge is 0.245 e. The maximum absolute atomic E-state index is 12.5. The summed E-state index contributed by atoms with van der Waals surface area (Å²) in [5.74, 6) is 0.403. The molecule has 0 saturated carbocycles. The number of fused-ring (bicyclic) bond motifs is 1. The van der Waals surface area contributed by atoms with Crippen LogP contribution in [0.1, 0.15) is 18.9 Å². The zero-order chi connectivity index (χ0) is 13.4. The van der Waals surface area contributed by atoms with Crippen LogP contribution in [0.4, 0.5) is 5.69 Å². The van der Waals surface area contributed by atoms with Gasteiger partial charge in [0.2, 0.25) is 5.91 Å². The molecule has 1 aromatic rings. The van der Waals surface area contributed by atoms with Gasteiger partial charge in [-0.25, -0.2) is 0 Å². The summed E-state index contributed by atoms with van der Waals surface area (Å²) in [5, 5.41) is 13.2. The van der Waals surface area contributed by atoms with Crippen LogP contribution in [0.5, 0.6) is 0 Å². The summed E-state index contributed by atoms with van der Waals surface area (Å²) in [7, 11) is 0. The number of β-amino-alcohol motifs (C(OH)–C–C–N with tert-alkyl or cyclic N) is 1. The Labute approximate surface area is 113 Å². The molecule has 2 aliphatic heterocycles. The predicted octanol–water partition coefficient (Wildman–Crippen LogP) is 1.25. The van der Waals surface area contributed by atoms with Crippen molar-refractivity contribution in [2.24, 2.45) is 5.92 Å². The van der Waals surface area contributed by atoms with Crippen molar-refractivity contribution in [2.45, 2.75) is 31.9 Å². The lowest BCUT2D eigenvalue weighted by molar-refractivity contribution is -0.136. The number of hydrogen-bond donors (Lipinski definition) is 2. The average molecular weight is 260 g/mol. The number of aliphatic hydroxyl groups is 1. The molecule has 0 bridgehead atoms. The highest BCUT2D eigenvalue weighted by Gasteiger charge is 2.33. The number of nitrogens with one attached hydrogen (secondary N) is 1. The Bertz CT molecular complexity index is 464. The van der Waals surface area contributed by atoms with Crippen molar-refractivity contribution in [3.8, 4) is 0 Å². The molecular weight excluding hydrogens is 240 g/mol. The second-order valence-corrected chi connectivity index (χ2v) is 5.68. The molecule has 4 nitrogen and oxygen atoms in total. The number of likely N-dealkylation sites (tertiary alicyclic amines) is 1. The van der Waals surface area contributed by atoms with E-state index in [1.54, 1.807) is 4.90 Å². The molecule has 2 aliphatic rings. The van der Waals surface area contributed by atoms with E-state index in [1.165, 1.54) is 5.56 Å². The largest absolute Gasteiger partial charge is 0.391 e. The molecule has 19 heavy (non-hydrogen) atoms. The van der Waals surface area contributed by atoms with E-state index in [2.05, 4.69) is 11.4 Å². The van der Waals surface area contributed by atoms with Gasteiger partial charge in [0.25, 0.3) is 0 Å². The quantitative estimate of drug-likeness (QED) is 0.799. The number of nitrogens with zero attached hydrogens (tertiary/aromatic N) is 1. The molecular formula is C15H20N2O2. The van der Waals surface area contributed by atoms with Crippen molar-refractivity contribution >= 4 is 11.6 Å². The van der Waals surface area contributed by atoms with Crippen molar-refractivity contribution in [3.63, 3.8) is 0 Å². The van der Waals surface area contributed by atoms with Crippen molar-refractivity contribution < 1.29 is 9.90 Å². The Balaban J connectivity index is 1.67. The van der Waals surface area contributed by atoms with Gasteiger partial charge in [-0.3, -0.25) is 4.79 Å². The summed E-state index contributed by atoms with van der Waals surface area (Å²) in [6.45, 7) is 3.26. The molecule has 2 N–H and O–H groups in total. The third-order valence-corrected chi connectivity index (χ3v) is 4.30. The Hall–Kier alpha value is -1.55. The van der Waals surface area contributed by atoms with E-state index in [4.69, 9.17) is 0 Å². The Morgan fingerprint density at radius 2 is 2.21 bits per heavy atom. The summed E-state index contributed by atoms with van der Waals surface area (Å²) in [4.78, 5) is 14.3. The molecule has 0 aromatic heterocycles. The highest BCUT2D eigenvalue weighted by molar-refractivity contribution is 5.87. The first kappa shape index (κ1) is 12.5. The van der Waals surface area contributed by atoms with Crippen molar-refractivity contribution in [1.82, 2.24) is 4.90 Å². The molecule has 0 radical (unpaired) electrons. The number of piperidine rings is 1. The third-order valence-electron chi connectivity index (χ3n) is 4.30. The van der Waals surface area contributed by atoms with E-state index in [0.717, 1.165) is 25.1 Å². The first-order chi connectivity index (χ1) is 9.15. The van der Waals surface area contributed by atoms with Gasteiger partial charge in [0.15, 0.2) is 0 Å². The van der Waals surface area contributed by atoms with Crippen LogP contribution in [0.25, 0.3) is 0 Å². The van der Waals surface area contributed by atoms with E-state index in [0.29, 0.717) is 6.54 Å². The number of carbonyl (C=O) groups excluding carboxylic acids is 1. The molecule has 1 saturated heterocycles. The summed E-state index contributed by atoms with van der Waals surface area (Å²) >= 11 is 0. The lowest BCUT2D eigenvalue weighted by Crippen LogP contribution is -2.50. The van der Waals surface area contributed by atoms with Crippen LogP contribution >= 0.6 is 0 Å². The molecule has 0 aliphatic carbocycles. The fraction of sp³-hybridized carbons (Fsp3) is 0.533. The van der Waals surface area contributed by atoms with Crippen LogP contribution in [-0.2, 0) is 11.2 Å². The number of carbonyl (C=O) groups is 1. The number of para-hydroxylation sites is 1. The molecule has 2 heterocycles. The van der Waals surface area contributed by atoms with E-state index in [9.17, 15) is 9.90 Å². The van der Waals surface area contributed by atoms with Crippen LogP contribution in [0, 0.1) is 5.92 Å². The van der Waals surface area contributed by atoms with Gasteiger partial charge in [0, 0.05) is 25.2 Å². The van der Waals surface area contributed by atoms with E-state index in [1.807, 2.05) is 25.1 Å². The van der Waals surface area contributed by atoms with Crippen molar-refractivity contribution in [2.75, 3.05) is 18.4 Å². The summed E-state index contributed by atoms with van der Waals surface area (Å²) in [5.41, 5.74) is 2.26. The van der Waals surface area contributed by atoms with Crippen LogP contribution in [0.15, 0.2) is 24.3 Å². The van der Waals surface area contributed by atoms with E-state index >= 15 is 0 Å². The summed E-state index contributed by atoms with van der Waals surface area (Å²) < 4.78 is 0. The normalized spacial score (nSPS) is 29.8. The van der Waals surface area contributed by atoms with Crippen LogP contribution < -0.4 is 5.32 Å². The lowest BCUT2D eigenvalue weighted by atomic mass is 9.95. The molecule has 1 aromatic carbocycles. The van der Waals surface area contributed by atoms with Gasteiger partial charge in [0.1, 0.15) is 6.04 Å². The topological polar surface area (TPSA) is 52.6 Å². The summed E-state index contributed by atoms with van der Waals surface area (Å²) in [6, 6.07) is 7.88. The van der Waals surface area contributed by atoms with Gasteiger partial charge in [-0.15, -0.1) is 0 Å². The first-order valence-electron chi connectivity index (χ1n) is 6.96. The number of anilines is 1. The van der Waals surface area contributed by atoms with Gasteiger partial charge in [-0.1, -0.05) is 25.1 Å². The van der Waals surface area contributed by atoms with Gasteiger partial charge in [-0.05, 0) is 24.0 Å². The Morgan fingerprint density at radius 3 is 2.95 bits per heavy atom. The molecule has 102 valence electrons. The SMILES string of the molecule is CC1CCN(C(=O)[C@@H]2Cc3ccccc3N2)CC1O. The van der Waals surface area contributed by atoms with Gasteiger partial charge < -0.3 is 15.3 Å². The molecule has 3 rings (SSSR count). The number of rotatable bonds is 1. The minimum atomic E-state index is -0.388. The molecule has 3 atom stereocenters.